The monoisotopic (exact) mass is 338 g/mol. The third-order valence-corrected chi connectivity index (χ3v) is 7.62. The van der Waals surface area contributed by atoms with Crippen LogP contribution >= 0.6 is 0 Å². The van der Waals surface area contributed by atoms with Gasteiger partial charge >= 0.3 is 5.97 Å². The first kappa shape index (κ1) is 18.2. The van der Waals surface area contributed by atoms with Gasteiger partial charge in [-0.15, -0.1) is 0 Å². The molecule has 1 unspecified atom stereocenters. The van der Waals surface area contributed by atoms with Crippen molar-refractivity contribution in [1.29, 1.82) is 0 Å². The fraction of sp³-hybridized carbons (Fsp3) is 0.950. The minimum Gasteiger partial charge on any atom is -0.481 e. The number of aliphatic hydroxyl groups is 1. The van der Waals surface area contributed by atoms with Crippen molar-refractivity contribution in [1.82, 2.24) is 0 Å². The zero-order valence-electron chi connectivity index (χ0n) is 15.6. The van der Waals surface area contributed by atoms with E-state index in [1.807, 2.05) is 0 Å². The van der Waals surface area contributed by atoms with Crippen LogP contribution in [0.5, 0.6) is 0 Å². The number of fused-ring (bicyclic) bond motifs is 3. The van der Waals surface area contributed by atoms with Gasteiger partial charge in [0, 0.05) is 6.61 Å². The molecule has 24 heavy (non-hydrogen) atoms. The van der Waals surface area contributed by atoms with E-state index >= 15 is 0 Å². The summed E-state index contributed by atoms with van der Waals surface area (Å²) in [5.41, 5.74) is -0.212. The van der Waals surface area contributed by atoms with Gasteiger partial charge in [0.2, 0.25) is 0 Å². The van der Waals surface area contributed by atoms with Crippen molar-refractivity contribution < 1.29 is 19.7 Å². The highest BCUT2D eigenvalue weighted by atomic mass is 16.5. The number of ether oxygens (including phenoxy) is 1. The second-order valence-corrected chi connectivity index (χ2v) is 9.55. The molecule has 3 aliphatic rings. The molecular weight excluding hydrogens is 304 g/mol. The summed E-state index contributed by atoms with van der Waals surface area (Å²) in [6.07, 6.45) is 5.18. The summed E-state index contributed by atoms with van der Waals surface area (Å²) in [5.74, 6) is -0.0174. The van der Waals surface area contributed by atoms with E-state index in [1.165, 1.54) is 0 Å². The average molecular weight is 338 g/mol. The molecule has 0 amide bonds. The summed E-state index contributed by atoms with van der Waals surface area (Å²) in [6, 6.07) is 0. The number of hydrogen-bond acceptors (Lipinski definition) is 3. The highest BCUT2D eigenvalue weighted by Gasteiger charge is 2.60. The molecule has 4 heteroatoms. The topological polar surface area (TPSA) is 66.8 Å². The van der Waals surface area contributed by atoms with Crippen LogP contribution in [0.25, 0.3) is 0 Å². The fourth-order valence-corrected chi connectivity index (χ4v) is 6.62. The molecule has 0 radical (unpaired) electrons. The Hall–Kier alpha value is -0.610. The van der Waals surface area contributed by atoms with Crippen LogP contribution in [-0.2, 0) is 9.53 Å². The maximum Gasteiger partial charge on any atom is 0.307 e. The summed E-state index contributed by atoms with van der Waals surface area (Å²) in [7, 11) is 0. The molecule has 1 heterocycles. The lowest BCUT2D eigenvalue weighted by atomic mass is 9.51. The van der Waals surface area contributed by atoms with Crippen LogP contribution < -0.4 is 0 Å². The molecule has 0 aromatic rings. The first-order valence-electron chi connectivity index (χ1n) is 9.69. The van der Waals surface area contributed by atoms with Crippen LogP contribution in [0.3, 0.4) is 0 Å². The van der Waals surface area contributed by atoms with Crippen molar-refractivity contribution in [2.45, 2.75) is 78.4 Å². The summed E-state index contributed by atoms with van der Waals surface area (Å²) in [4.78, 5) is 11.8. The zero-order valence-corrected chi connectivity index (χ0v) is 15.6. The Labute approximate surface area is 146 Å². The highest BCUT2D eigenvalue weighted by molar-refractivity contribution is 5.71. The molecule has 2 aliphatic carbocycles. The Morgan fingerprint density at radius 3 is 2.58 bits per heavy atom. The number of rotatable bonds is 1. The predicted molar refractivity (Wildman–Crippen MR) is 92.6 cm³/mol. The van der Waals surface area contributed by atoms with Crippen molar-refractivity contribution in [3.8, 4) is 0 Å². The van der Waals surface area contributed by atoms with Crippen molar-refractivity contribution >= 4 is 5.97 Å². The van der Waals surface area contributed by atoms with Crippen molar-refractivity contribution in [3.05, 3.63) is 0 Å². The largest absolute Gasteiger partial charge is 0.481 e. The van der Waals surface area contributed by atoms with E-state index in [0.717, 1.165) is 38.7 Å². The zero-order chi connectivity index (χ0) is 17.7. The molecule has 3 rings (SSSR count). The van der Waals surface area contributed by atoms with E-state index < -0.39 is 12.1 Å². The number of hydrogen-bond donors (Lipinski definition) is 2. The van der Waals surface area contributed by atoms with Crippen molar-refractivity contribution in [2.75, 3.05) is 6.61 Å². The number of carbonyl (C=O) groups is 1. The summed E-state index contributed by atoms with van der Waals surface area (Å²) in [6.45, 7) is 9.62. The molecule has 4 nitrogen and oxygen atoms in total. The maximum atomic E-state index is 11.8. The average Bonchev–Trinajstić information content (AvgIpc) is 2.81. The van der Waals surface area contributed by atoms with Crippen molar-refractivity contribution in [3.63, 3.8) is 0 Å². The Morgan fingerprint density at radius 2 is 1.92 bits per heavy atom. The fourth-order valence-electron chi connectivity index (χ4n) is 6.62. The SMILES string of the molecule is CC1C[C@@H]2[C@H]([C@@H](O)C[C@]3(C)[C@@H](C(=O)O)CC[C@@H]23)C(C)(C)CCCO1. The molecule has 2 N–H and O–H groups in total. The molecular formula is C20H34O4. The van der Waals surface area contributed by atoms with Gasteiger partial charge in [0.25, 0.3) is 0 Å². The van der Waals surface area contributed by atoms with Gasteiger partial charge in [0.05, 0.1) is 18.1 Å². The van der Waals surface area contributed by atoms with Crippen LogP contribution in [-0.4, -0.2) is 35.0 Å². The van der Waals surface area contributed by atoms with Gasteiger partial charge in [-0.25, -0.2) is 0 Å². The second-order valence-electron chi connectivity index (χ2n) is 9.55. The van der Waals surface area contributed by atoms with E-state index in [0.29, 0.717) is 18.3 Å². The van der Waals surface area contributed by atoms with Crippen LogP contribution in [0.15, 0.2) is 0 Å². The Bertz CT molecular complexity index is 488. The maximum absolute atomic E-state index is 11.8. The van der Waals surface area contributed by atoms with Crippen LogP contribution in [0.1, 0.15) is 66.2 Å². The Kier molecular flexibility index (Phi) is 4.76. The first-order chi connectivity index (χ1) is 11.2. The second kappa shape index (κ2) is 6.28. The molecule has 3 fully saturated rings. The van der Waals surface area contributed by atoms with Gasteiger partial charge in [0.15, 0.2) is 0 Å². The lowest BCUT2D eigenvalue weighted by molar-refractivity contribution is -0.156. The van der Waals surface area contributed by atoms with Gasteiger partial charge in [-0.1, -0.05) is 20.8 Å². The van der Waals surface area contributed by atoms with Crippen LogP contribution in [0, 0.1) is 34.5 Å². The van der Waals surface area contributed by atoms with Crippen molar-refractivity contribution in [2.24, 2.45) is 34.5 Å². The summed E-state index contributed by atoms with van der Waals surface area (Å²) in [5, 5.41) is 20.8. The molecule has 0 bridgehead atoms. The Balaban J connectivity index is 1.99. The van der Waals surface area contributed by atoms with Gasteiger partial charge < -0.3 is 14.9 Å². The smallest absolute Gasteiger partial charge is 0.307 e. The number of carboxylic acids is 1. The highest BCUT2D eigenvalue weighted by Crippen LogP contribution is 2.63. The molecule has 7 atom stereocenters. The van der Waals surface area contributed by atoms with E-state index in [9.17, 15) is 15.0 Å². The Morgan fingerprint density at radius 1 is 1.21 bits per heavy atom. The molecule has 138 valence electrons. The van der Waals surface area contributed by atoms with Gasteiger partial charge in [-0.05, 0) is 74.0 Å². The van der Waals surface area contributed by atoms with E-state index in [1.54, 1.807) is 0 Å². The lowest BCUT2D eigenvalue weighted by Crippen LogP contribution is -2.54. The molecule has 0 aromatic heterocycles. The van der Waals surface area contributed by atoms with Crippen LogP contribution in [0.4, 0.5) is 0 Å². The molecule has 2 saturated carbocycles. The minimum absolute atomic E-state index is 0.0696. The molecule has 1 saturated heterocycles. The number of carboxylic acid groups (broad SMARTS) is 1. The molecule has 1 aliphatic heterocycles. The standard InChI is InChI=1S/C20H34O4/c1-12-10-13-14-6-7-15(18(22)23)20(14,4)11-16(21)17(13)19(2,3)8-5-9-24-12/h12-17,21H,5-11H2,1-4H3,(H,22,23)/t12?,13-,14-,15+,16-,17+,20-/m0/s1. The third-order valence-electron chi connectivity index (χ3n) is 7.62. The van der Waals surface area contributed by atoms with Gasteiger partial charge in [-0.3, -0.25) is 4.79 Å². The molecule has 0 spiro atoms. The first-order valence-corrected chi connectivity index (χ1v) is 9.69. The lowest BCUT2D eigenvalue weighted by Gasteiger charge is -2.55. The van der Waals surface area contributed by atoms with E-state index in [4.69, 9.17) is 4.74 Å². The van der Waals surface area contributed by atoms with E-state index in [2.05, 4.69) is 27.7 Å². The minimum atomic E-state index is -0.683. The quantitative estimate of drug-likeness (QED) is 0.765. The summed E-state index contributed by atoms with van der Waals surface area (Å²) >= 11 is 0. The molecule has 0 aromatic carbocycles. The van der Waals surface area contributed by atoms with E-state index in [-0.39, 0.29) is 28.8 Å². The normalized spacial score (nSPS) is 48.5. The van der Waals surface area contributed by atoms with Gasteiger partial charge in [0.1, 0.15) is 0 Å². The summed E-state index contributed by atoms with van der Waals surface area (Å²) < 4.78 is 6.00. The number of aliphatic carboxylic acids is 1. The number of aliphatic hydroxyl groups excluding tert-OH is 1. The van der Waals surface area contributed by atoms with Gasteiger partial charge in [-0.2, -0.15) is 0 Å². The predicted octanol–water partition coefficient (Wildman–Crippen LogP) is 3.72. The third kappa shape index (κ3) is 2.90. The van der Waals surface area contributed by atoms with Crippen LogP contribution in [0.2, 0.25) is 0 Å².